The Balaban J connectivity index is 1.66. The molecule has 1 aliphatic carbocycles. The van der Waals surface area contributed by atoms with Gasteiger partial charge in [-0.15, -0.1) is 0 Å². The molecule has 0 amide bonds. The monoisotopic (exact) mass is 320 g/mol. The third-order valence-electron chi connectivity index (χ3n) is 4.77. The average Bonchev–Trinajstić information content (AvgIpc) is 3.03. The second kappa shape index (κ2) is 6.77. The van der Waals surface area contributed by atoms with Crippen molar-refractivity contribution < 1.29 is 4.21 Å². The molecule has 0 aromatic carbocycles. The van der Waals surface area contributed by atoms with Crippen LogP contribution in [0.4, 0.5) is 5.82 Å². The fourth-order valence-electron chi connectivity index (χ4n) is 3.39. The summed E-state index contributed by atoms with van der Waals surface area (Å²) in [5.74, 6) is 3.30. The van der Waals surface area contributed by atoms with E-state index in [0.29, 0.717) is 12.0 Å². The van der Waals surface area contributed by atoms with E-state index in [4.69, 9.17) is 0 Å². The first-order valence-corrected chi connectivity index (χ1v) is 9.53. The van der Waals surface area contributed by atoms with Crippen LogP contribution in [0.15, 0.2) is 18.6 Å². The van der Waals surface area contributed by atoms with E-state index in [9.17, 15) is 4.21 Å². The Bertz CT molecular complexity index is 648. The van der Waals surface area contributed by atoms with E-state index < -0.39 is 10.8 Å². The van der Waals surface area contributed by atoms with Crippen molar-refractivity contribution in [2.75, 3.05) is 23.5 Å². The molecular formula is C16H24N4OS. The number of aromatic amines is 1. The molecule has 1 atom stereocenters. The first-order chi connectivity index (χ1) is 10.7. The number of aromatic nitrogens is 3. The summed E-state index contributed by atoms with van der Waals surface area (Å²) in [6.45, 7) is 2.01. The van der Waals surface area contributed by atoms with Gasteiger partial charge in [0.05, 0.1) is 5.39 Å². The highest BCUT2D eigenvalue weighted by atomic mass is 32.2. The third-order valence-corrected chi connectivity index (χ3v) is 6.26. The third kappa shape index (κ3) is 3.16. The summed E-state index contributed by atoms with van der Waals surface area (Å²) in [5.41, 5.74) is 0.892. The largest absolute Gasteiger partial charge is 0.356 e. The van der Waals surface area contributed by atoms with Crippen LogP contribution in [0.1, 0.15) is 32.6 Å². The summed E-state index contributed by atoms with van der Waals surface area (Å²) in [7, 11) is 1.49. The smallest absolute Gasteiger partial charge is 0.142 e. The first-order valence-electron chi connectivity index (χ1n) is 8.05. The first kappa shape index (κ1) is 15.5. The van der Waals surface area contributed by atoms with E-state index in [1.165, 1.54) is 12.8 Å². The van der Waals surface area contributed by atoms with Gasteiger partial charge in [0.1, 0.15) is 17.8 Å². The van der Waals surface area contributed by atoms with Gasteiger partial charge in [-0.3, -0.25) is 4.21 Å². The number of fused-ring (bicyclic) bond motifs is 1. The molecule has 2 heterocycles. The lowest BCUT2D eigenvalue weighted by Crippen LogP contribution is -2.36. The van der Waals surface area contributed by atoms with Crippen molar-refractivity contribution in [3.8, 4) is 0 Å². The maximum atomic E-state index is 11.7. The average molecular weight is 320 g/mol. The predicted octanol–water partition coefficient (Wildman–Crippen LogP) is 2.72. The number of hydrogen-bond donors (Lipinski definition) is 1. The quantitative estimate of drug-likeness (QED) is 0.920. The van der Waals surface area contributed by atoms with Gasteiger partial charge in [-0.05, 0) is 37.7 Å². The minimum atomic E-state index is -0.634. The Morgan fingerprint density at radius 2 is 2.09 bits per heavy atom. The van der Waals surface area contributed by atoms with Crippen molar-refractivity contribution >= 4 is 27.7 Å². The topological polar surface area (TPSA) is 61.9 Å². The SMILES string of the molecule is CCS(=O)CC1CCC(N(C)c2ncnc3[nH]ccc23)CC1. The minimum Gasteiger partial charge on any atom is -0.356 e. The molecule has 120 valence electrons. The standard InChI is InChI=1S/C16H24N4OS/c1-3-22(21)10-12-4-6-13(7-5-12)20(2)16-14-8-9-17-15(14)18-11-19-16/h8-9,11-13H,3-7,10H2,1-2H3,(H,17,18,19). The van der Waals surface area contributed by atoms with Crippen LogP contribution in [0, 0.1) is 5.92 Å². The van der Waals surface area contributed by atoms with E-state index in [1.54, 1.807) is 6.33 Å². The molecule has 3 rings (SSSR count). The summed E-state index contributed by atoms with van der Waals surface area (Å²) in [4.78, 5) is 14.2. The van der Waals surface area contributed by atoms with Gasteiger partial charge in [-0.2, -0.15) is 0 Å². The molecule has 6 heteroatoms. The highest BCUT2D eigenvalue weighted by Crippen LogP contribution is 2.31. The van der Waals surface area contributed by atoms with E-state index in [-0.39, 0.29) is 0 Å². The van der Waals surface area contributed by atoms with Gasteiger partial charge in [0.25, 0.3) is 0 Å². The molecule has 0 aliphatic heterocycles. The molecule has 5 nitrogen and oxygen atoms in total. The van der Waals surface area contributed by atoms with Gasteiger partial charge in [0, 0.05) is 41.6 Å². The van der Waals surface area contributed by atoms with Crippen LogP contribution < -0.4 is 4.90 Å². The Labute approximate surface area is 134 Å². The highest BCUT2D eigenvalue weighted by molar-refractivity contribution is 7.84. The van der Waals surface area contributed by atoms with Crippen LogP contribution in [0.2, 0.25) is 0 Å². The molecule has 0 radical (unpaired) electrons. The Morgan fingerprint density at radius 1 is 1.32 bits per heavy atom. The highest BCUT2D eigenvalue weighted by Gasteiger charge is 2.26. The van der Waals surface area contributed by atoms with E-state index in [0.717, 1.165) is 41.2 Å². The normalized spacial score (nSPS) is 23.5. The maximum Gasteiger partial charge on any atom is 0.142 e. The second-order valence-corrected chi connectivity index (χ2v) is 7.91. The van der Waals surface area contributed by atoms with Gasteiger partial charge >= 0.3 is 0 Å². The van der Waals surface area contributed by atoms with Gasteiger partial charge < -0.3 is 9.88 Å². The molecular weight excluding hydrogens is 296 g/mol. The molecule has 1 fully saturated rings. The Morgan fingerprint density at radius 3 is 2.82 bits per heavy atom. The van der Waals surface area contributed by atoms with Crippen molar-refractivity contribution in [1.82, 2.24) is 15.0 Å². The summed E-state index contributed by atoms with van der Waals surface area (Å²) in [6.07, 6.45) is 8.18. The summed E-state index contributed by atoms with van der Waals surface area (Å²) < 4.78 is 11.7. The van der Waals surface area contributed by atoms with Crippen LogP contribution in [0.3, 0.4) is 0 Å². The lowest BCUT2D eigenvalue weighted by Gasteiger charge is -2.35. The molecule has 2 aromatic heterocycles. The lowest BCUT2D eigenvalue weighted by atomic mass is 9.86. The fourth-order valence-corrected chi connectivity index (χ4v) is 4.49. The van der Waals surface area contributed by atoms with Crippen molar-refractivity contribution in [2.24, 2.45) is 5.92 Å². The Hall–Kier alpha value is -1.43. The molecule has 1 unspecified atom stereocenters. The van der Waals surface area contributed by atoms with Gasteiger partial charge in [0.15, 0.2) is 0 Å². The summed E-state index contributed by atoms with van der Waals surface area (Å²) in [5, 5.41) is 1.08. The summed E-state index contributed by atoms with van der Waals surface area (Å²) >= 11 is 0. The summed E-state index contributed by atoms with van der Waals surface area (Å²) in [6, 6.07) is 2.55. The van der Waals surface area contributed by atoms with Crippen LogP contribution in [-0.2, 0) is 10.8 Å². The van der Waals surface area contributed by atoms with Crippen molar-refractivity contribution in [2.45, 2.75) is 38.6 Å². The zero-order valence-corrected chi connectivity index (χ0v) is 14.1. The number of anilines is 1. The molecule has 0 spiro atoms. The Kier molecular flexibility index (Phi) is 4.76. The van der Waals surface area contributed by atoms with Crippen LogP contribution in [-0.4, -0.2) is 43.8 Å². The van der Waals surface area contributed by atoms with Gasteiger partial charge in [0.2, 0.25) is 0 Å². The van der Waals surface area contributed by atoms with E-state index >= 15 is 0 Å². The molecule has 22 heavy (non-hydrogen) atoms. The zero-order valence-electron chi connectivity index (χ0n) is 13.3. The van der Waals surface area contributed by atoms with Crippen LogP contribution in [0.25, 0.3) is 11.0 Å². The number of nitrogens with one attached hydrogen (secondary N) is 1. The number of hydrogen-bond acceptors (Lipinski definition) is 4. The van der Waals surface area contributed by atoms with Crippen molar-refractivity contribution in [3.63, 3.8) is 0 Å². The molecule has 2 aromatic rings. The predicted molar refractivity (Wildman–Crippen MR) is 91.6 cm³/mol. The molecule has 0 bridgehead atoms. The van der Waals surface area contributed by atoms with Crippen LogP contribution in [0.5, 0.6) is 0 Å². The van der Waals surface area contributed by atoms with Gasteiger partial charge in [-0.25, -0.2) is 9.97 Å². The van der Waals surface area contributed by atoms with E-state index in [1.807, 2.05) is 19.2 Å². The fraction of sp³-hybridized carbons (Fsp3) is 0.625. The van der Waals surface area contributed by atoms with Crippen LogP contribution >= 0.6 is 0 Å². The zero-order chi connectivity index (χ0) is 15.5. The van der Waals surface area contributed by atoms with E-state index in [2.05, 4.69) is 26.9 Å². The number of nitrogens with zero attached hydrogens (tertiary/aromatic N) is 3. The molecule has 1 N–H and O–H groups in total. The molecule has 1 aliphatic rings. The van der Waals surface area contributed by atoms with Crippen molar-refractivity contribution in [3.05, 3.63) is 18.6 Å². The maximum absolute atomic E-state index is 11.7. The van der Waals surface area contributed by atoms with Gasteiger partial charge in [-0.1, -0.05) is 6.92 Å². The molecule has 0 saturated heterocycles. The second-order valence-electron chi connectivity index (χ2n) is 6.12. The minimum absolute atomic E-state index is 0.513. The molecule has 1 saturated carbocycles. The van der Waals surface area contributed by atoms with Crippen molar-refractivity contribution in [1.29, 1.82) is 0 Å². The number of rotatable bonds is 5. The number of H-pyrrole nitrogens is 1. The lowest BCUT2D eigenvalue weighted by molar-refractivity contribution is 0.343.